The van der Waals surface area contributed by atoms with Gasteiger partial charge in [-0.3, -0.25) is 0 Å². The van der Waals surface area contributed by atoms with Gasteiger partial charge in [-0.15, -0.1) is 0 Å². The van der Waals surface area contributed by atoms with Crippen molar-refractivity contribution in [2.75, 3.05) is 0 Å². The molecule has 2 aromatic rings. The van der Waals surface area contributed by atoms with E-state index in [4.69, 9.17) is 28.3 Å². The highest BCUT2D eigenvalue weighted by molar-refractivity contribution is 6.31. The molecule has 0 bridgehead atoms. The largest absolute Gasteiger partial charge is 0.508 e. The van der Waals surface area contributed by atoms with Crippen LogP contribution in [0, 0.1) is 6.92 Å². The maximum Gasteiger partial charge on any atom is 0.119 e. The van der Waals surface area contributed by atoms with E-state index in [1.54, 1.807) is 30.3 Å². The molecule has 0 aliphatic rings. The van der Waals surface area contributed by atoms with Crippen LogP contribution in [0.4, 0.5) is 0 Å². The normalized spacial score (nSPS) is 11.6. The highest BCUT2D eigenvalue weighted by Gasteiger charge is 2.12. The average molecular weight is 383 g/mol. The fourth-order valence-corrected chi connectivity index (χ4v) is 2.85. The Labute approximate surface area is 161 Å². The van der Waals surface area contributed by atoms with Crippen LogP contribution >= 0.6 is 23.2 Å². The van der Waals surface area contributed by atoms with Crippen LogP contribution in [0.2, 0.25) is 10.0 Å². The lowest BCUT2D eigenvalue weighted by atomic mass is 9.93. The van der Waals surface area contributed by atoms with E-state index < -0.39 is 0 Å². The number of aromatic hydroxyl groups is 2. The molecule has 2 aromatic carbocycles. The Morgan fingerprint density at radius 2 is 1.60 bits per heavy atom. The monoisotopic (exact) mass is 382 g/mol. The molecule has 1 atom stereocenters. The first kappa shape index (κ1) is 21.7. The summed E-state index contributed by atoms with van der Waals surface area (Å²) in [6, 6.07) is 10.0. The van der Waals surface area contributed by atoms with Gasteiger partial charge in [0.25, 0.3) is 0 Å². The number of aryl methyl sites for hydroxylation is 1. The summed E-state index contributed by atoms with van der Waals surface area (Å²) in [5.41, 5.74) is 1.92. The zero-order chi connectivity index (χ0) is 18.8. The van der Waals surface area contributed by atoms with E-state index in [2.05, 4.69) is 13.8 Å². The van der Waals surface area contributed by atoms with Crippen molar-refractivity contribution in [3.63, 3.8) is 0 Å². The van der Waals surface area contributed by atoms with Gasteiger partial charge in [0.15, 0.2) is 0 Å². The Bertz CT molecular complexity index is 618. The molecule has 2 N–H and O–H groups in total. The van der Waals surface area contributed by atoms with Crippen LogP contribution in [0.3, 0.4) is 0 Å². The third-order valence-electron chi connectivity index (χ3n) is 4.16. The second-order valence-corrected chi connectivity index (χ2v) is 7.23. The van der Waals surface area contributed by atoms with Crippen molar-refractivity contribution in [2.24, 2.45) is 0 Å². The Morgan fingerprint density at radius 1 is 0.960 bits per heavy atom. The van der Waals surface area contributed by atoms with Gasteiger partial charge in [0.1, 0.15) is 11.5 Å². The van der Waals surface area contributed by atoms with Crippen LogP contribution in [0.1, 0.15) is 63.0 Å². The van der Waals surface area contributed by atoms with E-state index in [0.29, 0.717) is 16.7 Å². The smallest absolute Gasteiger partial charge is 0.119 e. The quantitative estimate of drug-likeness (QED) is 0.508. The van der Waals surface area contributed by atoms with Crippen LogP contribution in [-0.4, -0.2) is 10.2 Å². The van der Waals surface area contributed by atoms with E-state index in [9.17, 15) is 5.11 Å². The van der Waals surface area contributed by atoms with Crippen LogP contribution in [-0.2, 0) is 0 Å². The van der Waals surface area contributed by atoms with Crippen LogP contribution in [0.5, 0.6) is 11.5 Å². The summed E-state index contributed by atoms with van der Waals surface area (Å²) in [6.07, 6.45) is 6.18. The first-order chi connectivity index (χ1) is 11.8. The molecule has 0 radical (unpaired) electrons. The lowest BCUT2D eigenvalue weighted by Crippen LogP contribution is -1.95. The van der Waals surface area contributed by atoms with Crippen molar-refractivity contribution in [1.29, 1.82) is 0 Å². The number of phenols is 2. The molecule has 0 spiro atoms. The van der Waals surface area contributed by atoms with Crippen molar-refractivity contribution < 1.29 is 10.2 Å². The van der Waals surface area contributed by atoms with Gasteiger partial charge in [-0.2, -0.15) is 0 Å². The molecule has 2 rings (SSSR count). The zero-order valence-electron chi connectivity index (χ0n) is 15.2. The molecule has 0 saturated heterocycles. The predicted octanol–water partition coefficient (Wildman–Crippen LogP) is 7.47. The van der Waals surface area contributed by atoms with Crippen molar-refractivity contribution in [1.82, 2.24) is 0 Å². The molecule has 138 valence electrons. The molecule has 25 heavy (non-hydrogen) atoms. The Morgan fingerprint density at radius 3 is 2.16 bits per heavy atom. The molecular weight excluding hydrogens is 355 g/mol. The lowest BCUT2D eigenvalue weighted by molar-refractivity contribution is 0.457. The van der Waals surface area contributed by atoms with E-state index in [0.717, 1.165) is 22.6 Å². The first-order valence-electron chi connectivity index (χ1n) is 8.78. The highest BCUT2D eigenvalue weighted by Crippen LogP contribution is 2.33. The maximum atomic E-state index is 9.93. The average Bonchev–Trinajstić information content (AvgIpc) is 2.58. The van der Waals surface area contributed by atoms with Gasteiger partial charge in [-0.05, 0) is 66.8 Å². The number of hydrogen-bond donors (Lipinski definition) is 2. The summed E-state index contributed by atoms with van der Waals surface area (Å²) in [5, 5.41) is 20.0. The minimum atomic E-state index is 0.245. The van der Waals surface area contributed by atoms with Gasteiger partial charge in [0, 0.05) is 10.0 Å². The molecule has 0 aliphatic carbocycles. The standard InChI is InChI=1S/C15H23ClO.C6H5ClO/c1-4-5-6-7-8-11(2)13-10-14(16)12(3)9-15(13)17;7-5-1-3-6(8)4-2-5/h9-11,17H,4-8H2,1-3H3;1-4,8H. The second kappa shape index (κ2) is 11.3. The summed E-state index contributed by atoms with van der Waals surface area (Å²) >= 11 is 11.6. The highest BCUT2D eigenvalue weighted by atomic mass is 35.5. The predicted molar refractivity (Wildman–Crippen MR) is 108 cm³/mol. The van der Waals surface area contributed by atoms with Crippen molar-refractivity contribution in [2.45, 2.75) is 58.8 Å². The summed E-state index contributed by atoms with van der Waals surface area (Å²) in [5.74, 6) is 1.01. The molecule has 0 amide bonds. The Kier molecular flexibility index (Phi) is 9.77. The molecule has 4 heteroatoms. The molecule has 0 aromatic heterocycles. The van der Waals surface area contributed by atoms with E-state index in [1.165, 1.54) is 25.7 Å². The first-order valence-corrected chi connectivity index (χ1v) is 9.54. The fraction of sp³-hybridized carbons (Fsp3) is 0.429. The fourth-order valence-electron chi connectivity index (χ4n) is 2.55. The van der Waals surface area contributed by atoms with Crippen molar-refractivity contribution in [3.05, 3.63) is 57.6 Å². The summed E-state index contributed by atoms with van der Waals surface area (Å²) in [7, 11) is 0. The second-order valence-electron chi connectivity index (χ2n) is 6.39. The molecule has 0 heterocycles. The zero-order valence-corrected chi connectivity index (χ0v) is 16.7. The topological polar surface area (TPSA) is 40.5 Å². The van der Waals surface area contributed by atoms with Gasteiger partial charge < -0.3 is 10.2 Å². The SMILES string of the molecule is CCCCCCC(C)c1cc(Cl)c(C)cc1O.Oc1ccc(Cl)cc1. The number of unbranched alkanes of at least 4 members (excludes halogenated alkanes) is 3. The molecule has 0 fully saturated rings. The minimum Gasteiger partial charge on any atom is -0.508 e. The number of rotatable bonds is 6. The minimum absolute atomic E-state index is 0.245. The van der Waals surface area contributed by atoms with Gasteiger partial charge in [0.2, 0.25) is 0 Å². The van der Waals surface area contributed by atoms with Crippen molar-refractivity contribution >= 4 is 23.2 Å². The third-order valence-corrected chi connectivity index (χ3v) is 4.82. The molecule has 0 saturated carbocycles. The van der Waals surface area contributed by atoms with Crippen LogP contribution in [0.15, 0.2) is 36.4 Å². The van der Waals surface area contributed by atoms with Gasteiger partial charge in [-0.25, -0.2) is 0 Å². The number of benzene rings is 2. The van der Waals surface area contributed by atoms with Crippen molar-refractivity contribution in [3.8, 4) is 11.5 Å². The number of phenolic OH excluding ortho intramolecular Hbond substituents is 2. The Hall–Kier alpha value is -1.38. The summed E-state index contributed by atoms with van der Waals surface area (Å²) in [4.78, 5) is 0. The molecule has 1 unspecified atom stereocenters. The molecule has 0 aliphatic heterocycles. The lowest BCUT2D eigenvalue weighted by Gasteiger charge is -2.15. The summed E-state index contributed by atoms with van der Waals surface area (Å²) in [6.45, 7) is 6.29. The molecule has 2 nitrogen and oxygen atoms in total. The molecular formula is C21H28Cl2O2. The van der Waals surface area contributed by atoms with Gasteiger partial charge >= 0.3 is 0 Å². The van der Waals surface area contributed by atoms with E-state index in [-0.39, 0.29) is 5.75 Å². The van der Waals surface area contributed by atoms with E-state index in [1.807, 2.05) is 13.0 Å². The number of hydrogen-bond acceptors (Lipinski definition) is 2. The van der Waals surface area contributed by atoms with Crippen LogP contribution in [0.25, 0.3) is 0 Å². The van der Waals surface area contributed by atoms with Gasteiger partial charge in [-0.1, -0.05) is 62.7 Å². The van der Waals surface area contributed by atoms with E-state index >= 15 is 0 Å². The van der Waals surface area contributed by atoms with Crippen LogP contribution < -0.4 is 0 Å². The maximum absolute atomic E-state index is 9.93. The Balaban J connectivity index is 0.000000324. The summed E-state index contributed by atoms with van der Waals surface area (Å²) < 4.78 is 0. The third kappa shape index (κ3) is 8.02. The van der Waals surface area contributed by atoms with Gasteiger partial charge in [0.05, 0.1) is 0 Å². The number of halogens is 2.